The molecule has 2 aromatic rings. The van der Waals surface area contributed by atoms with Gasteiger partial charge in [0.05, 0.1) is 23.3 Å². The van der Waals surface area contributed by atoms with E-state index >= 15 is 0 Å². The summed E-state index contributed by atoms with van der Waals surface area (Å²) in [6.07, 6.45) is 2.09. The lowest BCUT2D eigenvalue weighted by Gasteiger charge is -2.20. The SMILES string of the molecule is COc1cccc(S(=O)(=O)N2CCC(c3nc(N(C)C)ncc3C(=O)NC(C)C)C2)c1. The average Bonchev–Trinajstić information content (AvgIpc) is 3.24. The first-order chi connectivity index (χ1) is 14.6. The average molecular weight is 448 g/mol. The minimum atomic E-state index is -3.69. The van der Waals surface area contributed by atoms with Gasteiger partial charge in [0.1, 0.15) is 5.75 Å². The molecule has 1 aromatic heterocycles. The molecule has 1 aliphatic heterocycles. The lowest BCUT2D eigenvalue weighted by atomic mass is 9.99. The molecule has 9 nitrogen and oxygen atoms in total. The smallest absolute Gasteiger partial charge is 0.254 e. The second kappa shape index (κ2) is 9.19. The molecule has 0 spiro atoms. The number of benzene rings is 1. The molecule has 1 atom stereocenters. The first kappa shape index (κ1) is 23.0. The first-order valence-corrected chi connectivity index (χ1v) is 11.6. The van der Waals surface area contributed by atoms with Gasteiger partial charge in [0, 0.05) is 51.4 Å². The van der Waals surface area contributed by atoms with Gasteiger partial charge in [-0.1, -0.05) is 6.07 Å². The van der Waals surface area contributed by atoms with Crippen LogP contribution in [0, 0.1) is 0 Å². The van der Waals surface area contributed by atoms with Gasteiger partial charge in [0.2, 0.25) is 16.0 Å². The van der Waals surface area contributed by atoms with Crippen LogP contribution in [0.15, 0.2) is 35.4 Å². The Balaban J connectivity index is 1.92. The number of anilines is 1. The number of amides is 1. The van der Waals surface area contributed by atoms with Crippen LogP contribution in [0.1, 0.15) is 42.2 Å². The molecule has 1 aromatic carbocycles. The van der Waals surface area contributed by atoms with Gasteiger partial charge >= 0.3 is 0 Å². The molecule has 168 valence electrons. The molecule has 1 amide bonds. The monoisotopic (exact) mass is 447 g/mol. The van der Waals surface area contributed by atoms with Crippen molar-refractivity contribution in [2.24, 2.45) is 0 Å². The van der Waals surface area contributed by atoms with E-state index in [1.807, 2.05) is 27.9 Å². The van der Waals surface area contributed by atoms with Crippen LogP contribution in [0.3, 0.4) is 0 Å². The molecule has 2 heterocycles. The third kappa shape index (κ3) is 4.96. The second-order valence-electron chi connectivity index (χ2n) is 8.02. The molecule has 1 aliphatic rings. The highest BCUT2D eigenvalue weighted by Gasteiger charge is 2.36. The molecule has 10 heteroatoms. The van der Waals surface area contributed by atoms with E-state index in [-0.39, 0.29) is 29.3 Å². The van der Waals surface area contributed by atoms with Gasteiger partial charge in [-0.3, -0.25) is 4.79 Å². The van der Waals surface area contributed by atoms with Crippen molar-refractivity contribution >= 4 is 21.9 Å². The Labute approximate surface area is 183 Å². The third-order valence-corrected chi connectivity index (χ3v) is 6.95. The van der Waals surface area contributed by atoms with E-state index in [2.05, 4.69) is 15.3 Å². The van der Waals surface area contributed by atoms with Crippen LogP contribution in [-0.2, 0) is 10.0 Å². The molecule has 1 unspecified atom stereocenters. The lowest BCUT2D eigenvalue weighted by Crippen LogP contribution is -2.32. The molecular formula is C21H29N5O4S. The normalized spacial score (nSPS) is 17.0. The van der Waals surface area contributed by atoms with Crippen LogP contribution in [0.25, 0.3) is 0 Å². The molecule has 0 aliphatic carbocycles. The van der Waals surface area contributed by atoms with E-state index in [9.17, 15) is 13.2 Å². The molecule has 1 fully saturated rings. The Hall–Kier alpha value is -2.72. The maximum Gasteiger partial charge on any atom is 0.254 e. The summed E-state index contributed by atoms with van der Waals surface area (Å²) in [4.78, 5) is 23.6. The fraction of sp³-hybridized carbons (Fsp3) is 0.476. The molecule has 0 saturated carbocycles. The molecule has 0 radical (unpaired) electrons. The molecule has 3 rings (SSSR count). The quantitative estimate of drug-likeness (QED) is 0.691. The predicted octanol–water partition coefficient (Wildman–Crippen LogP) is 1.87. The van der Waals surface area contributed by atoms with Crippen molar-refractivity contribution < 1.29 is 17.9 Å². The second-order valence-corrected chi connectivity index (χ2v) is 9.96. The highest BCUT2D eigenvalue weighted by atomic mass is 32.2. The summed E-state index contributed by atoms with van der Waals surface area (Å²) >= 11 is 0. The number of carbonyl (C=O) groups excluding carboxylic acids is 1. The van der Waals surface area contributed by atoms with Crippen molar-refractivity contribution in [3.8, 4) is 5.75 Å². The minimum Gasteiger partial charge on any atom is -0.497 e. The van der Waals surface area contributed by atoms with E-state index in [0.29, 0.717) is 35.9 Å². The number of hydrogen-bond donors (Lipinski definition) is 1. The van der Waals surface area contributed by atoms with Crippen molar-refractivity contribution in [3.05, 3.63) is 41.7 Å². The Morgan fingerprint density at radius 1 is 1.32 bits per heavy atom. The summed E-state index contributed by atoms with van der Waals surface area (Å²) in [6, 6.07) is 6.39. The van der Waals surface area contributed by atoms with Crippen LogP contribution in [0.4, 0.5) is 5.95 Å². The van der Waals surface area contributed by atoms with Gasteiger partial charge in [-0.2, -0.15) is 4.31 Å². The van der Waals surface area contributed by atoms with Crippen molar-refractivity contribution in [3.63, 3.8) is 0 Å². The Bertz CT molecular complexity index is 1060. The summed E-state index contributed by atoms with van der Waals surface area (Å²) < 4.78 is 32.9. The van der Waals surface area contributed by atoms with Gasteiger partial charge in [-0.05, 0) is 32.4 Å². The fourth-order valence-electron chi connectivity index (χ4n) is 3.51. The van der Waals surface area contributed by atoms with Crippen molar-refractivity contribution in [2.45, 2.75) is 37.1 Å². The van der Waals surface area contributed by atoms with E-state index in [1.165, 1.54) is 23.7 Å². The topological polar surface area (TPSA) is 105 Å². The van der Waals surface area contributed by atoms with Gasteiger partial charge in [-0.15, -0.1) is 0 Å². The van der Waals surface area contributed by atoms with Crippen LogP contribution >= 0.6 is 0 Å². The van der Waals surface area contributed by atoms with Crippen molar-refractivity contribution in [1.82, 2.24) is 19.6 Å². The molecular weight excluding hydrogens is 418 g/mol. The first-order valence-electron chi connectivity index (χ1n) is 10.1. The number of carbonyl (C=O) groups is 1. The fourth-order valence-corrected chi connectivity index (χ4v) is 5.04. The number of aromatic nitrogens is 2. The van der Waals surface area contributed by atoms with Crippen molar-refractivity contribution in [1.29, 1.82) is 0 Å². The number of rotatable bonds is 7. The molecule has 1 saturated heterocycles. The maximum absolute atomic E-state index is 13.2. The maximum atomic E-state index is 13.2. The largest absolute Gasteiger partial charge is 0.497 e. The summed E-state index contributed by atoms with van der Waals surface area (Å²) in [5.74, 6) is 0.487. The zero-order chi connectivity index (χ0) is 22.8. The van der Waals surface area contributed by atoms with Crippen molar-refractivity contribution in [2.75, 3.05) is 39.2 Å². The predicted molar refractivity (Wildman–Crippen MR) is 118 cm³/mol. The number of ether oxygens (including phenoxy) is 1. The lowest BCUT2D eigenvalue weighted by molar-refractivity contribution is 0.0941. The highest BCUT2D eigenvalue weighted by molar-refractivity contribution is 7.89. The van der Waals surface area contributed by atoms with E-state index < -0.39 is 10.0 Å². The highest BCUT2D eigenvalue weighted by Crippen LogP contribution is 2.33. The van der Waals surface area contributed by atoms with Crippen LogP contribution in [0.5, 0.6) is 5.75 Å². The zero-order valence-corrected chi connectivity index (χ0v) is 19.3. The van der Waals surface area contributed by atoms with Gasteiger partial charge in [0.15, 0.2) is 0 Å². The molecule has 31 heavy (non-hydrogen) atoms. The number of methoxy groups -OCH3 is 1. The third-order valence-electron chi connectivity index (χ3n) is 5.09. The van der Waals surface area contributed by atoms with E-state index in [1.54, 1.807) is 23.1 Å². The summed E-state index contributed by atoms with van der Waals surface area (Å²) in [6.45, 7) is 4.34. The Morgan fingerprint density at radius 3 is 2.71 bits per heavy atom. The van der Waals surface area contributed by atoms with Gasteiger partial charge < -0.3 is 15.0 Å². The van der Waals surface area contributed by atoms with Gasteiger partial charge in [0.25, 0.3) is 5.91 Å². The number of nitrogens with one attached hydrogen (secondary N) is 1. The van der Waals surface area contributed by atoms with Crippen LogP contribution < -0.4 is 15.0 Å². The van der Waals surface area contributed by atoms with Crippen LogP contribution in [0.2, 0.25) is 0 Å². The minimum absolute atomic E-state index is 0.0395. The van der Waals surface area contributed by atoms with Crippen LogP contribution in [-0.4, -0.2) is 68.9 Å². The Morgan fingerprint density at radius 2 is 2.06 bits per heavy atom. The molecule has 1 N–H and O–H groups in total. The standard InChI is InChI=1S/C21H29N5O4S/c1-14(2)23-20(27)18-12-22-21(25(3)4)24-19(18)15-9-10-26(13-15)31(28,29)17-8-6-7-16(11-17)30-5/h6-8,11-12,14-15H,9-10,13H2,1-5H3,(H,23,27). The van der Waals surface area contributed by atoms with Gasteiger partial charge in [-0.25, -0.2) is 18.4 Å². The Kier molecular flexibility index (Phi) is 6.80. The number of hydrogen-bond acceptors (Lipinski definition) is 7. The number of nitrogens with zero attached hydrogens (tertiary/aromatic N) is 4. The number of sulfonamides is 1. The summed E-state index contributed by atoms with van der Waals surface area (Å²) in [7, 11) is 1.45. The van der Waals surface area contributed by atoms with E-state index in [4.69, 9.17) is 4.74 Å². The molecule has 0 bridgehead atoms. The summed E-state index contributed by atoms with van der Waals surface area (Å²) in [5.41, 5.74) is 0.949. The van der Waals surface area contributed by atoms with E-state index in [0.717, 1.165) is 0 Å². The summed E-state index contributed by atoms with van der Waals surface area (Å²) in [5, 5.41) is 2.87. The zero-order valence-electron chi connectivity index (χ0n) is 18.5.